The zero-order valence-electron chi connectivity index (χ0n) is 22.9. The molecule has 2 atom stereocenters. The second-order valence-corrected chi connectivity index (χ2v) is 9.08. The van der Waals surface area contributed by atoms with Crippen LogP contribution in [0.5, 0.6) is 28.7 Å². The Kier molecular flexibility index (Phi) is 8.81. The average molecular weight is 535 g/mol. The van der Waals surface area contributed by atoms with Crippen molar-refractivity contribution in [2.24, 2.45) is 5.92 Å². The average Bonchev–Trinajstić information content (AvgIpc) is 2.99. The summed E-state index contributed by atoms with van der Waals surface area (Å²) >= 11 is 0. The van der Waals surface area contributed by atoms with Gasteiger partial charge in [0.15, 0.2) is 11.5 Å². The number of ether oxygens (including phenoxy) is 5. The van der Waals surface area contributed by atoms with Crippen LogP contribution in [0.4, 0.5) is 5.69 Å². The van der Waals surface area contributed by atoms with E-state index in [2.05, 4.69) is 5.32 Å². The molecule has 9 heteroatoms. The number of rotatable bonds is 10. The molecule has 1 aliphatic heterocycles. The minimum Gasteiger partial charge on any atom is -0.497 e. The van der Waals surface area contributed by atoms with Crippen LogP contribution in [0, 0.1) is 5.92 Å². The topological polar surface area (TPSA) is 95.6 Å². The van der Waals surface area contributed by atoms with Crippen molar-refractivity contribution >= 4 is 17.5 Å². The molecule has 0 spiro atoms. The third kappa shape index (κ3) is 5.87. The number of carbonyl (C=O) groups is 2. The third-order valence-corrected chi connectivity index (χ3v) is 6.94. The first-order valence-electron chi connectivity index (χ1n) is 12.6. The van der Waals surface area contributed by atoms with Gasteiger partial charge in [0, 0.05) is 25.1 Å². The van der Waals surface area contributed by atoms with Crippen molar-refractivity contribution in [3.05, 3.63) is 71.8 Å². The molecule has 0 aromatic heterocycles. The summed E-state index contributed by atoms with van der Waals surface area (Å²) in [4.78, 5) is 28.8. The summed E-state index contributed by atoms with van der Waals surface area (Å²) in [7, 11) is 7.78. The van der Waals surface area contributed by atoms with Crippen LogP contribution < -0.4 is 33.9 Å². The van der Waals surface area contributed by atoms with E-state index in [1.807, 2.05) is 48.5 Å². The lowest BCUT2D eigenvalue weighted by atomic mass is 9.83. The number of amides is 2. The smallest absolute Gasteiger partial charge is 0.227 e. The van der Waals surface area contributed by atoms with Gasteiger partial charge in [-0.3, -0.25) is 9.59 Å². The van der Waals surface area contributed by atoms with E-state index in [1.54, 1.807) is 31.3 Å². The second-order valence-electron chi connectivity index (χ2n) is 9.08. The van der Waals surface area contributed by atoms with Gasteiger partial charge in [-0.05, 0) is 41.8 Å². The Hall–Kier alpha value is -4.40. The van der Waals surface area contributed by atoms with Crippen molar-refractivity contribution in [2.75, 3.05) is 40.4 Å². The van der Waals surface area contributed by atoms with E-state index in [0.717, 1.165) is 16.9 Å². The highest BCUT2D eigenvalue weighted by Crippen LogP contribution is 2.46. The molecule has 2 amide bonds. The maximum Gasteiger partial charge on any atom is 0.227 e. The number of benzene rings is 3. The van der Waals surface area contributed by atoms with E-state index < -0.39 is 12.0 Å². The Morgan fingerprint density at radius 2 is 1.38 bits per heavy atom. The number of carbonyl (C=O) groups excluding carboxylic acids is 2. The van der Waals surface area contributed by atoms with Crippen molar-refractivity contribution in [1.29, 1.82) is 0 Å². The predicted molar refractivity (Wildman–Crippen MR) is 147 cm³/mol. The Balaban J connectivity index is 1.72. The molecule has 0 aliphatic carbocycles. The standard InChI is InChI=1S/C30H34N2O7/c1-35-22-10-6-19(7-11-22)18-31-30(34)24-14-15-27(33)32(28(24)20-8-12-23(36-2)13-9-20)21-16-25(37-3)29(39-5)26(17-21)38-4/h6-13,16-17,24,28H,14-15,18H2,1-5H3,(H,31,34)/t24-,28+/m1/s1. The normalized spacial score (nSPS) is 16.8. The molecule has 1 fully saturated rings. The first-order valence-corrected chi connectivity index (χ1v) is 12.6. The largest absolute Gasteiger partial charge is 0.497 e. The maximum atomic E-state index is 13.7. The number of piperidine rings is 1. The summed E-state index contributed by atoms with van der Waals surface area (Å²) in [6, 6.07) is 17.8. The molecular weight excluding hydrogens is 500 g/mol. The van der Waals surface area contributed by atoms with E-state index in [4.69, 9.17) is 23.7 Å². The first kappa shape index (κ1) is 27.6. The molecule has 39 heavy (non-hydrogen) atoms. The zero-order chi connectivity index (χ0) is 27.9. The molecule has 0 bridgehead atoms. The Bertz CT molecular complexity index is 1270. The Labute approximate surface area is 228 Å². The number of nitrogens with zero attached hydrogens (tertiary/aromatic N) is 1. The third-order valence-electron chi connectivity index (χ3n) is 6.94. The second kappa shape index (κ2) is 12.4. The van der Waals surface area contributed by atoms with Crippen LogP contribution in [-0.2, 0) is 16.1 Å². The lowest BCUT2D eigenvalue weighted by molar-refractivity contribution is -0.129. The van der Waals surface area contributed by atoms with Gasteiger partial charge in [0.25, 0.3) is 0 Å². The van der Waals surface area contributed by atoms with Crippen LogP contribution in [0.3, 0.4) is 0 Å². The van der Waals surface area contributed by atoms with E-state index in [-0.39, 0.29) is 18.2 Å². The van der Waals surface area contributed by atoms with Crippen molar-refractivity contribution in [1.82, 2.24) is 5.32 Å². The number of anilines is 1. The molecule has 1 saturated heterocycles. The fourth-order valence-electron chi connectivity index (χ4n) is 4.92. The molecule has 1 heterocycles. The summed E-state index contributed by atoms with van der Waals surface area (Å²) in [5, 5.41) is 3.07. The van der Waals surface area contributed by atoms with Gasteiger partial charge in [0.1, 0.15) is 11.5 Å². The fourth-order valence-corrected chi connectivity index (χ4v) is 4.92. The summed E-state index contributed by atoms with van der Waals surface area (Å²) in [6.45, 7) is 0.354. The van der Waals surface area contributed by atoms with Crippen LogP contribution in [-0.4, -0.2) is 47.4 Å². The van der Waals surface area contributed by atoms with Crippen molar-refractivity contribution < 1.29 is 33.3 Å². The van der Waals surface area contributed by atoms with Gasteiger partial charge in [-0.15, -0.1) is 0 Å². The van der Waals surface area contributed by atoms with E-state index in [9.17, 15) is 9.59 Å². The van der Waals surface area contributed by atoms with Gasteiger partial charge in [-0.25, -0.2) is 0 Å². The molecule has 0 radical (unpaired) electrons. The lowest BCUT2D eigenvalue weighted by Crippen LogP contribution is -2.48. The summed E-state index contributed by atoms with van der Waals surface area (Å²) in [6.07, 6.45) is 0.620. The Morgan fingerprint density at radius 1 is 0.821 bits per heavy atom. The molecule has 1 aliphatic rings. The first-order chi connectivity index (χ1) is 18.9. The van der Waals surface area contributed by atoms with Gasteiger partial charge in [0.2, 0.25) is 17.6 Å². The maximum absolute atomic E-state index is 13.7. The van der Waals surface area contributed by atoms with Crippen molar-refractivity contribution in [3.8, 4) is 28.7 Å². The highest BCUT2D eigenvalue weighted by molar-refractivity contribution is 5.98. The van der Waals surface area contributed by atoms with E-state index in [0.29, 0.717) is 41.7 Å². The highest BCUT2D eigenvalue weighted by Gasteiger charge is 2.42. The zero-order valence-corrected chi connectivity index (χ0v) is 22.9. The predicted octanol–water partition coefficient (Wildman–Crippen LogP) is 4.53. The van der Waals surface area contributed by atoms with Crippen LogP contribution in [0.1, 0.15) is 30.0 Å². The van der Waals surface area contributed by atoms with Crippen LogP contribution in [0.25, 0.3) is 0 Å². The highest BCUT2D eigenvalue weighted by atomic mass is 16.5. The minimum absolute atomic E-state index is 0.107. The lowest BCUT2D eigenvalue weighted by Gasteiger charge is -2.41. The van der Waals surface area contributed by atoms with Gasteiger partial charge < -0.3 is 33.9 Å². The number of hydrogen-bond acceptors (Lipinski definition) is 7. The van der Waals surface area contributed by atoms with Gasteiger partial charge in [-0.2, -0.15) is 0 Å². The molecule has 206 valence electrons. The van der Waals surface area contributed by atoms with Crippen LogP contribution in [0.2, 0.25) is 0 Å². The fraction of sp³-hybridized carbons (Fsp3) is 0.333. The SMILES string of the molecule is COc1ccc(CNC(=O)[C@@H]2CCC(=O)N(c3cc(OC)c(OC)c(OC)c3)[C@H]2c2ccc(OC)cc2)cc1. The van der Waals surface area contributed by atoms with Gasteiger partial charge in [-0.1, -0.05) is 24.3 Å². The van der Waals surface area contributed by atoms with Gasteiger partial charge in [0.05, 0.1) is 53.2 Å². The van der Waals surface area contributed by atoms with Crippen LogP contribution in [0.15, 0.2) is 60.7 Å². The number of methoxy groups -OCH3 is 5. The molecule has 3 aromatic rings. The van der Waals surface area contributed by atoms with Crippen molar-refractivity contribution in [3.63, 3.8) is 0 Å². The summed E-state index contributed by atoms with van der Waals surface area (Å²) in [5.74, 6) is 1.92. The summed E-state index contributed by atoms with van der Waals surface area (Å²) in [5.41, 5.74) is 2.30. The molecule has 9 nitrogen and oxygen atoms in total. The van der Waals surface area contributed by atoms with E-state index in [1.165, 1.54) is 21.3 Å². The number of nitrogens with one attached hydrogen (secondary N) is 1. The molecule has 0 unspecified atom stereocenters. The molecule has 4 rings (SSSR count). The summed E-state index contributed by atoms with van der Waals surface area (Å²) < 4.78 is 27.1. The molecular formula is C30H34N2O7. The van der Waals surface area contributed by atoms with Crippen molar-refractivity contribution in [2.45, 2.75) is 25.4 Å². The Morgan fingerprint density at radius 3 is 1.90 bits per heavy atom. The van der Waals surface area contributed by atoms with Gasteiger partial charge >= 0.3 is 0 Å². The van der Waals surface area contributed by atoms with Crippen LogP contribution >= 0.6 is 0 Å². The molecule has 1 N–H and O–H groups in total. The molecule has 0 saturated carbocycles. The number of hydrogen-bond donors (Lipinski definition) is 1. The van der Waals surface area contributed by atoms with E-state index >= 15 is 0 Å². The molecule has 3 aromatic carbocycles. The minimum atomic E-state index is -0.573. The quantitative estimate of drug-likeness (QED) is 0.408. The monoisotopic (exact) mass is 534 g/mol.